The average Bonchev–Trinajstić information content (AvgIpc) is 2.04. The number of allylic oxidation sites excluding steroid dienone is 2. The van der Waals surface area contributed by atoms with Crippen LogP contribution in [0.5, 0.6) is 0 Å². The van der Waals surface area contributed by atoms with E-state index in [0.29, 0.717) is 0 Å². The van der Waals surface area contributed by atoms with Crippen LogP contribution in [0.1, 0.15) is 13.8 Å². The molecule has 0 aliphatic carbocycles. The minimum atomic E-state index is -1.72. The van der Waals surface area contributed by atoms with Gasteiger partial charge in [0.05, 0.1) is 0 Å². The Balaban J connectivity index is -0.000000131. The van der Waals surface area contributed by atoms with E-state index in [1.54, 1.807) is 0 Å². The summed E-state index contributed by atoms with van der Waals surface area (Å²) >= 11 is 2.93. The Labute approximate surface area is 103 Å². The van der Waals surface area contributed by atoms with Crippen LogP contribution in [-0.4, -0.2) is 11.4 Å². The molecule has 0 radical (unpaired) electrons. The zero-order chi connectivity index (χ0) is 12.1. The highest BCUT2D eigenvalue weighted by atomic mass is 35.8. The van der Waals surface area contributed by atoms with E-state index >= 15 is 0 Å². The molecule has 0 unspecified atom stereocenters. The summed E-state index contributed by atoms with van der Waals surface area (Å²) in [5.74, 6) is 0. The van der Waals surface area contributed by atoms with E-state index in [2.05, 4.69) is 11.6 Å². The van der Waals surface area contributed by atoms with Crippen molar-refractivity contribution in [3.63, 3.8) is 0 Å². The predicted molar refractivity (Wildman–Crippen MR) is 60.0 cm³/mol. The van der Waals surface area contributed by atoms with Crippen LogP contribution in [0.15, 0.2) is 23.5 Å². The quantitative estimate of drug-likeness (QED) is 0.516. The summed E-state index contributed by atoms with van der Waals surface area (Å²) in [5, 5.41) is -0.648. The lowest BCUT2D eigenvalue weighted by atomic mass is 10.7. The summed E-state index contributed by atoms with van der Waals surface area (Å²) in [4.78, 5) is 0. The van der Waals surface area contributed by atoms with Gasteiger partial charge < -0.3 is 0 Å². The van der Waals surface area contributed by atoms with Crippen molar-refractivity contribution in [2.24, 2.45) is 0 Å². The fourth-order valence-corrected chi connectivity index (χ4v) is 0. The van der Waals surface area contributed by atoms with E-state index < -0.39 is 22.8 Å². The SMILES string of the molecule is CC=C(F)Cl.CC=C(F)F.[Cl][Al]([Cl])[Cl]. The molecular weight excluding hydrogens is 298 g/mol. The molecule has 0 aliphatic heterocycles. The van der Waals surface area contributed by atoms with Crippen molar-refractivity contribution in [3.05, 3.63) is 23.5 Å². The average molecular weight is 306 g/mol. The van der Waals surface area contributed by atoms with Gasteiger partial charge in [-0.25, -0.2) is 30.1 Å². The Morgan fingerprint density at radius 1 is 1.00 bits per heavy atom. The van der Waals surface area contributed by atoms with Gasteiger partial charge in [-0.3, -0.25) is 0 Å². The zero-order valence-corrected chi connectivity index (χ0v) is 11.6. The summed E-state index contributed by atoms with van der Waals surface area (Å²) in [7, 11) is 14.8. The molecule has 0 bridgehead atoms. The standard InChI is InChI=1S/C3H4ClF.C3H4F2.Al.3ClH/c2*1-2-3(4)5;;;;/h2*2H,1H3;;3*1H/q;;+3;;;/p-3. The molecule has 0 spiro atoms. The highest BCUT2D eigenvalue weighted by Crippen LogP contribution is 1.98. The van der Waals surface area contributed by atoms with Gasteiger partial charge in [0.15, 0.2) is 5.29 Å². The van der Waals surface area contributed by atoms with Crippen molar-refractivity contribution in [2.75, 3.05) is 0 Å². The molecular formula is C6H8AlCl4F3. The second-order valence-corrected chi connectivity index (χ2v) is 8.20. The van der Waals surface area contributed by atoms with E-state index in [1.807, 2.05) is 0 Å². The molecule has 0 heterocycles. The maximum atomic E-state index is 11.1. The van der Waals surface area contributed by atoms with Gasteiger partial charge in [-0.15, -0.1) is 0 Å². The van der Waals surface area contributed by atoms with Gasteiger partial charge in [0.25, 0.3) is 6.08 Å². The highest BCUT2D eigenvalue weighted by molar-refractivity contribution is 7.54. The van der Waals surface area contributed by atoms with Crippen LogP contribution in [0, 0.1) is 0 Å². The molecule has 0 amide bonds. The molecule has 14 heavy (non-hydrogen) atoms. The largest absolute Gasteiger partial charge is 0.643 e. The first-order valence-corrected chi connectivity index (χ1v) is 8.76. The van der Waals surface area contributed by atoms with Crippen LogP contribution in [0.4, 0.5) is 13.2 Å². The lowest BCUT2D eigenvalue weighted by Crippen LogP contribution is -1.66. The monoisotopic (exact) mass is 304 g/mol. The molecule has 0 nitrogen and oxygen atoms in total. The van der Waals surface area contributed by atoms with Crippen molar-refractivity contribution in [1.82, 2.24) is 0 Å². The number of halogens is 7. The molecule has 0 fully saturated rings. The first-order chi connectivity index (χ1) is 6.27. The van der Waals surface area contributed by atoms with E-state index in [1.165, 1.54) is 19.9 Å². The molecule has 0 saturated carbocycles. The van der Waals surface area contributed by atoms with Crippen LogP contribution < -0.4 is 0 Å². The molecule has 0 saturated heterocycles. The van der Waals surface area contributed by atoms with Gasteiger partial charge in [0, 0.05) is 0 Å². The van der Waals surface area contributed by atoms with E-state index in [-0.39, 0.29) is 0 Å². The third kappa shape index (κ3) is 75.3. The van der Waals surface area contributed by atoms with Crippen LogP contribution in [0.25, 0.3) is 0 Å². The fourth-order valence-electron chi connectivity index (χ4n) is 0. The highest BCUT2D eigenvalue weighted by Gasteiger charge is 2.00. The first-order valence-electron chi connectivity index (χ1n) is 3.14. The summed E-state index contributed by atoms with van der Waals surface area (Å²) in [6, 6.07) is 0. The minimum absolute atomic E-state index is 0.648. The van der Waals surface area contributed by atoms with E-state index in [0.717, 1.165) is 6.08 Å². The normalized spacial score (nSPS) is 8.79. The third-order valence-corrected chi connectivity index (χ3v) is 0.655. The molecule has 0 N–H and O–H groups in total. The lowest BCUT2D eigenvalue weighted by Gasteiger charge is -1.64. The second kappa shape index (κ2) is 16.4. The third-order valence-electron chi connectivity index (χ3n) is 0.436. The molecule has 8 heteroatoms. The predicted octanol–water partition coefficient (Wildman–Crippen LogP) is 5.53. The fraction of sp³-hybridized carbons (Fsp3) is 0.333. The van der Waals surface area contributed by atoms with Gasteiger partial charge in [0.1, 0.15) is 0 Å². The summed E-state index contributed by atoms with van der Waals surface area (Å²) in [6.45, 7) is 2.82. The topological polar surface area (TPSA) is 0 Å². The van der Waals surface area contributed by atoms with E-state index in [4.69, 9.17) is 30.1 Å². The maximum absolute atomic E-state index is 11.1. The number of hydrogen-bond donors (Lipinski definition) is 0. The van der Waals surface area contributed by atoms with Crippen LogP contribution in [0.3, 0.4) is 0 Å². The first kappa shape index (κ1) is 20.4. The van der Waals surface area contributed by atoms with Crippen molar-refractivity contribution in [1.29, 1.82) is 0 Å². The Morgan fingerprint density at radius 2 is 1.14 bits per heavy atom. The van der Waals surface area contributed by atoms with E-state index in [9.17, 15) is 13.2 Å². The van der Waals surface area contributed by atoms with Crippen LogP contribution in [-0.2, 0) is 0 Å². The number of hydrogen-bond acceptors (Lipinski definition) is 0. The molecule has 0 aromatic carbocycles. The molecule has 0 aliphatic rings. The van der Waals surface area contributed by atoms with Crippen molar-refractivity contribution in [3.8, 4) is 0 Å². The van der Waals surface area contributed by atoms with Crippen LogP contribution in [0.2, 0.25) is 0 Å². The maximum Gasteiger partial charge on any atom is 0.643 e. The Morgan fingerprint density at radius 3 is 1.14 bits per heavy atom. The van der Waals surface area contributed by atoms with Gasteiger partial charge in [-0.05, 0) is 26.0 Å². The molecule has 0 rings (SSSR count). The Hall–Kier alpha value is 0.962. The summed E-state index contributed by atoms with van der Waals surface area (Å²) in [5.41, 5.74) is 0. The Bertz CT molecular complexity index is 146. The van der Waals surface area contributed by atoms with Gasteiger partial charge in [0.2, 0.25) is 0 Å². The molecule has 84 valence electrons. The number of rotatable bonds is 0. The smallest absolute Gasteiger partial charge is 0.214 e. The zero-order valence-electron chi connectivity index (χ0n) is 7.38. The summed E-state index contributed by atoms with van der Waals surface area (Å²) in [6.07, 6.45) is 0.312. The molecule has 0 aromatic rings. The van der Waals surface area contributed by atoms with Crippen molar-refractivity contribution in [2.45, 2.75) is 13.8 Å². The van der Waals surface area contributed by atoms with Crippen LogP contribution >= 0.6 is 41.7 Å². The van der Waals surface area contributed by atoms with Crippen molar-refractivity contribution >= 4 is 53.1 Å². The lowest BCUT2D eigenvalue weighted by molar-refractivity contribution is 0.420. The van der Waals surface area contributed by atoms with Gasteiger partial charge >= 0.3 is 11.4 Å². The van der Waals surface area contributed by atoms with Crippen molar-refractivity contribution < 1.29 is 13.2 Å². The Kier molecular flexibility index (Phi) is 23.9. The molecule has 0 atom stereocenters. The minimum Gasteiger partial charge on any atom is -0.214 e. The summed E-state index contributed by atoms with van der Waals surface area (Å²) < 4.78 is 32.3. The van der Waals surface area contributed by atoms with Gasteiger partial charge in [-0.1, -0.05) is 11.6 Å². The molecule has 0 aromatic heterocycles. The van der Waals surface area contributed by atoms with Gasteiger partial charge in [-0.2, -0.15) is 13.2 Å². The second-order valence-electron chi connectivity index (χ2n) is 1.40.